The highest BCUT2D eigenvalue weighted by Gasteiger charge is 2.41. The molecular weight excluding hydrogens is 289 g/mol. The summed E-state index contributed by atoms with van der Waals surface area (Å²) in [6.45, 7) is 4.67. The van der Waals surface area contributed by atoms with Crippen molar-refractivity contribution < 1.29 is 18.3 Å². The fourth-order valence-corrected chi connectivity index (χ4v) is 3.57. The number of halogens is 3. The van der Waals surface area contributed by atoms with E-state index < -0.39 is 12.1 Å². The van der Waals surface area contributed by atoms with Gasteiger partial charge in [0.2, 0.25) is 0 Å². The number of piperidine rings is 1. The Labute approximate surface area is 120 Å². The Morgan fingerprint density at radius 2 is 1.95 bits per heavy atom. The molecule has 0 saturated carbocycles. The van der Waals surface area contributed by atoms with Gasteiger partial charge in [-0.1, -0.05) is 25.2 Å². The maximum atomic E-state index is 12.6. The van der Waals surface area contributed by atoms with Crippen molar-refractivity contribution >= 4 is 16.5 Å². The summed E-state index contributed by atoms with van der Waals surface area (Å²) in [5.41, 5.74) is 0.852. The van der Waals surface area contributed by atoms with E-state index in [1.807, 2.05) is 18.7 Å². The number of hydrogen-bond donors (Lipinski definition) is 1. The van der Waals surface area contributed by atoms with E-state index >= 15 is 0 Å². The molecule has 0 radical (unpaired) electrons. The Balaban J connectivity index is 2.07. The summed E-state index contributed by atoms with van der Waals surface area (Å²) in [5, 5.41) is 10.1. The van der Waals surface area contributed by atoms with E-state index in [1.165, 1.54) is 11.3 Å². The highest BCUT2D eigenvalue weighted by Crippen LogP contribution is 2.37. The lowest BCUT2D eigenvalue weighted by atomic mass is 9.97. The molecule has 0 amide bonds. The predicted octanol–water partition coefficient (Wildman–Crippen LogP) is 3.54. The third-order valence-corrected chi connectivity index (χ3v) is 4.75. The van der Waals surface area contributed by atoms with Crippen LogP contribution in [0.15, 0.2) is 0 Å². The first-order chi connectivity index (χ1) is 9.32. The van der Waals surface area contributed by atoms with Gasteiger partial charge in [0.15, 0.2) is 5.13 Å². The van der Waals surface area contributed by atoms with Crippen LogP contribution in [0.3, 0.4) is 0 Å². The summed E-state index contributed by atoms with van der Waals surface area (Å²) >= 11 is 1.39. The van der Waals surface area contributed by atoms with E-state index in [9.17, 15) is 18.3 Å². The van der Waals surface area contributed by atoms with Gasteiger partial charge in [-0.05, 0) is 18.8 Å². The molecule has 0 atom stereocenters. The molecular formula is C13H19F3N2OS. The lowest BCUT2D eigenvalue weighted by Crippen LogP contribution is -2.38. The number of aliphatic hydroxyl groups excluding tert-OH is 1. The molecule has 0 unspecified atom stereocenters. The zero-order chi connectivity index (χ0) is 14.9. The van der Waals surface area contributed by atoms with Crippen LogP contribution in [0.1, 0.15) is 43.2 Å². The van der Waals surface area contributed by atoms with E-state index in [2.05, 4.69) is 4.98 Å². The number of anilines is 1. The second kappa shape index (κ2) is 5.89. The number of nitrogens with zero attached hydrogens (tertiary/aromatic N) is 2. The topological polar surface area (TPSA) is 36.4 Å². The Hall–Kier alpha value is -0.820. The zero-order valence-electron chi connectivity index (χ0n) is 11.6. The second-order valence-corrected chi connectivity index (χ2v) is 6.48. The molecule has 0 aliphatic carbocycles. The smallest absolute Gasteiger partial charge is 0.391 e. The lowest BCUT2D eigenvalue weighted by Gasteiger charge is -2.32. The third-order valence-electron chi connectivity index (χ3n) is 3.64. The maximum absolute atomic E-state index is 12.6. The van der Waals surface area contributed by atoms with Gasteiger partial charge in [0.05, 0.1) is 23.1 Å². The number of hydrogen-bond acceptors (Lipinski definition) is 4. The van der Waals surface area contributed by atoms with Crippen molar-refractivity contribution in [2.45, 2.75) is 45.4 Å². The van der Waals surface area contributed by atoms with Gasteiger partial charge in [-0.2, -0.15) is 13.2 Å². The molecule has 0 spiro atoms. The zero-order valence-corrected chi connectivity index (χ0v) is 12.4. The minimum Gasteiger partial charge on any atom is -0.391 e. The quantitative estimate of drug-likeness (QED) is 0.928. The summed E-state index contributed by atoms with van der Waals surface area (Å²) in [4.78, 5) is 7.21. The molecule has 1 aromatic heterocycles. The summed E-state index contributed by atoms with van der Waals surface area (Å²) in [5.74, 6) is -0.990. The Bertz CT molecular complexity index is 451. The second-order valence-electron chi connectivity index (χ2n) is 5.42. The Morgan fingerprint density at radius 3 is 2.35 bits per heavy atom. The SMILES string of the molecule is CC(C)c1nc(N2CCC(C(F)(F)F)CC2)sc1CO. The number of rotatable bonds is 3. The van der Waals surface area contributed by atoms with E-state index in [1.54, 1.807) is 0 Å². The van der Waals surface area contributed by atoms with Crippen molar-refractivity contribution in [1.82, 2.24) is 4.98 Å². The highest BCUT2D eigenvalue weighted by molar-refractivity contribution is 7.15. The van der Waals surface area contributed by atoms with Crippen LogP contribution in [0.4, 0.5) is 18.3 Å². The number of aliphatic hydroxyl groups is 1. The first kappa shape index (κ1) is 15.6. The fourth-order valence-electron chi connectivity index (χ4n) is 2.45. The largest absolute Gasteiger partial charge is 0.391 e. The molecule has 0 aromatic carbocycles. The Kier molecular flexibility index (Phi) is 4.59. The van der Waals surface area contributed by atoms with Gasteiger partial charge in [-0.3, -0.25) is 0 Å². The van der Waals surface area contributed by atoms with Gasteiger partial charge in [0.25, 0.3) is 0 Å². The van der Waals surface area contributed by atoms with Gasteiger partial charge in [-0.25, -0.2) is 4.98 Å². The average molecular weight is 308 g/mol. The van der Waals surface area contributed by atoms with Crippen molar-refractivity contribution in [3.63, 3.8) is 0 Å². The number of alkyl halides is 3. The van der Waals surface area contributed by atoms with Crippen LogP contribution in [0.2, 0.25) is 0 Å². The van der Waals surface area contributed by atoms with E-state index in [0.29, 0.717) is 13.1 Å². The van der Waals surface area contributed by atoms with Crippen LogP contribution in [0.25, 0.3) is 0 Å². The standard InChI is InChI=1S/C13H19F3N2OS/c1-8(2)11-10(7-19)20-12(17-11)18-5-3-9(4-6-18)13(14,15)16/h8-9,19H,3-7H2,1-2H3. The third kappa shape index (κ3) is 3.25. The van der Waals surface area contributed by atoms with E-state index in [0.717, 1.165) is 15.7 Å². The summed E-state index contributed by atoms with van der Waals surface area (Å²) in [7, 11) is 0. The molecule has 2 heterocycles. The first-order valence-electron chi connectivity index (χ1n) is 6.75. The molecule has 1 N–H and O–H groups in total. The number of thiazole rings is 1. The normalized spacial score (nSPS) is 18.1. The fraction of sp³-hybridized carbons (Fsp3) is 0.769. The summed E-state index contributed by atoms with van der Waals surface area (Å²) < 4.78 is 37.9. The van der Waals surface area contributed by atoms with Crippen LogP contribution in [0, 0.1) is 5.92 Å². The Morgan fingerprint density at radius 1 is 1.35 bits per heavy atom. The summed E-state index contributed by atoms with van der Waals surface area (Å²) in [6, 6.07) is 0. The van der Waals surface area contributed by atoms with Crippen LogP contribution in [0.5, 0.6) is 0 Å². The lowest BCUT2D eigenvalue weighted by molar-refractivity contribution is -0.179. The van der Waals surface area contributed by atoms with Gasteiger partial charge in [0, 0.05) is 13.1 Å². The molecule has 7 heteroatoms. The number of aromatic nitrogens is 1. The van der Waals surface area contributed by atoms with Crippen molar-refractivity contribution in [2.24, 2.45) is 5.92 Å². The van der Waals surface area contributed by atoms with Crippen molar-refractivity contribution in [3.05, 3.63) is 10.6 Å². The van der Waals surface area contributed by atoms with Crippen molar-refractivity contribution in [3.8, 4) is 0 Å². The average Bonchev–Trinajstić information content (AvgIpc) is 2.82. The minimum atomic E-state index is -4.09. The molecule has 0 bridgehead atoms. The van der Waals surface area contributed by atoms with Gasteiger partial charge < -0.3 is 10.0 Å². The molecule has 114 valence electrons. The maximum Gasteiger partial charge on any atom is 0.391 e. The summed E-state index contributed by atoms with van der Waals surface area (Å²) in [6.07, 6.45) is -3.85. The van der Waals surface area contributed by atoms with Gasteiger partial charge >= 0.3 is 6.18 Å². The molecule has 20 heavy (non-hydrogen) atoms. The molecule has 2 rings (SSSR count). The molecule has 1 aliphatic rings. The van der Waals surface area contributed by atoms with Gasteiger partial charge in [-0.15, -0.1) is 0 Å². The van der Waals surface area contributed by atoms with Crippen LogP contribution < -0.4 is 4.90 Å². The molecule has 1 aliphatic heterocycles. The van der Waals surface area contributed by atoms with E-state index in [-0.39, 0.29) is 25.4 Å². The molecule has 1 saturated heterocycles. The first-order valence-corrected chi connectivity index (χ1v) is 7.56. The van der Waals surface area contributed by atoms with Crippen molar-refractivity contribution in [1.29, 1.82) is 0 Å². The molecule has 1 aromatic rings. The predicted molar refractivity (Wildman–Crippen MR) is 73.1 cm³/mol. The van der Waals surface area contributed by atoms with Crippen LogP contribution in [-0.2, 0) is 6.61 Å². The molecule has 1 fully saturated rings. The van der Waals surface area contributed by atoms with E-state index in [4.69, 9.17) is 0 Å². The van der Waals surface area contributed by atoms with Crippen LogP contribution in [-0.4, -0.2) is 29.4 Å². The van der Waals surface area contributed by atoms with Crippen LogP contribution >= 0.6 is 11.3 Å². The van der Waals surface area contributed by atoms with Crippen molar-refractivity contribution in [2.75, 3.05) is 18.0 Å². The molecule has 3 nitrogen and oxygen atoms in total. The van der Waals surface area contributed by atoms with Gasteiger partial charge in [0.1, 0.15) is 0 Å². The minimum absolute atomic E-state index is 0.0653. The monoisotopic (exact) mass is 308 g/mol. The highest BCUT2D eigenvalue weighted by atomic mass is 32.1.